The molecule has 0 bridgehead atoms. The Morgan fingerprint density at radius 1 is 0.571 bits per heavy atom. The number of aliphatic hydroxyl groups excluding tert-OH is 13. The fourth-order valence-corrected chi connectivity index (χ4v) is 8.77. The molecule has 7 rings (SSSR count). The van der Waals surface area contributed by atoms with Gasteiger partial charge in [-0.15, -0.1) is 0 Å². The number of fused-ring (bicyclic) bond motifs is 1. The zero-order valence-corrected chi connectivity index (χ0v) is 33.1. The summed E-state index contributed by atoms with van der Waals surface area (Å²) in [5, 5.41) is 173. The SMILES string of the molecule is O=c1cc(-c2ccc(O)cc2)oc2c(C3OC(CO)[C@@H](O)[C@H](O)[C@@H]3OC3CC(CO)C[C@H](O)[C@@H]3O)c(O)c(C3OC(CO)[C@@H](O)[C@H](O)[C@@H]3OC3OC(CO)C(O)[C@H](O)[C@@H]3O)c(O)c12. The summed E-state index contributed by atoms with van der Waals surface area (Å²) in [7, 11) is 0. The molecule has 1 aromatic heterocycles. The molecule has 23 heteroatoms. The van der Waals surface area contributed by atoms with Crippen molar-refractivity contribution in [2.75, 3.05) is 26.4 Å². The topological polar surface area (TPSA) is 400 Å². The number of phenolic OH excluding ortho intramolecular Hbond substituents is 3. The molecule has 0 amide bonds. The molecule has 1 saturated carbocycles. The Morgan fingerprint density at radius 3 is 1.68 bits per heavy atom. The van der Waals surface area contributed by atoms with E-state index in [-0.39, 0.29) is 29.9 Å². The predicted molar refractivity (Wildman–Crippen MR) is 205 cm³/mol. The molecule has 3 aliphatic heterocycles. The molecular weight excluding hydrogens is 848 g/mol. The minimum atomic E-state index is -2.18. The molecule has 3 aromatic rings. The van der Waals surface area contributed by atoms with E-state index in [2.05, 4.69) is 0 Å². The van der Waals surface area contributed by atoms with E-state index in [1.807, 2.05) is 0 Å². The summed E-state index contributed by atoms with van der Waals surface area (Å²) in [4.78, 5) is 14.3. The monoisotopic (exact) mass is 900 g/mol. The van der Waals surface area contributed by atoms with Crippen LogP contribution in [-0.4, -0.2) is 206 Å². The van der Waals surface area contributed by atoms with Crippen LogP contribution in [-0.2, 0) is 23.7 Å². The fourth-order valence-electron chi connectivity index (χ4n) is 8.77. The largest absolute Gasteiger partial charge is 0.508 e. The highest BCUT2D eigenvalue weighted by Crippen LogP contribution is 2.52. The number of ether oxygens (including phenoxy) is 5. The summed E-state index contributed by atoms with van der Waals surface area (Å²) >= 11 is 0. The van der Waals surface area contributed by atoms with E-state index in [9.17, 15) is 86.5 Å². The third-order valence-electron chi connectivity index (χ3n) is 12.3. The summed E-state index contributed by atoms with van der Waals surface area (Å²) in [6.45, 7) is -3.36. The minimum Gasteiger partial charge on any atom is -0.508 e. The van der Waals surface area contributed by atoms with Crippen LogP contribution in [0.4, 0.5) is 0 Å². The van der Waals surface area contributed by atoms with Crippen LogP contribution in [0.2, 0.25) is 0 Å². The van der Waals surface area contributed by atoms with Crippen molar-refractivity contribution in [3.63, 3.8) is 0 Å². The highest BCUT2D eigenvalue weighted by atomic mass is 16.7. The number of phenols is 3. The fraction of sp³-hybridized carbons (Fsp3) is 0.625. The van der Waals surface area contributed by atoms with E-state index >= 15 is 0 Å². The maximum Gasteiger partial charge on any atom is 0.197 e. The maximum absolute atomic E-state index is 14.3. The molecule has 23 nitrogen and oxygen atoms in total. The van der Waals surface area contributed by atoms with Crippen LogP contribution < -0.4 is 5.43 Å². The molecule has 3 saturated heterocycles. The normalized spacial score (nSPS) is 40.0. The Bertz CT molecular complexity index is 2100. The Labute approximate surface area is 356 Å². The van der Waals surface area contributed by atoms with E-state index in [1.165, 1.54) is 24.3 Å². The zero-order chi connectivity index (χ0) is 45.8. The lowest BCUT2D eigenvalue weighted by Gasteiger charge is -2.47. The van der Waals surface area contributed by atoms with E-state index in [0.717, 1.165) is 6.07 Å². The first-order valence-corrected chi connectivity index (χ1v) is 20.1. The molecule has 4 aliphatic rings. The van der Waals surface area contributed by atoms with Gasteiger partial charge >= 0.3 is 0 Å². The molecule has 19 atom stereocenters. The van der Waals surface area contributed by atoms with Gasteiger partial charge in [0.15, 0.2) is 17.3 Å². The second kappa shape index (κ2) is 19.0. The highest BCUT2D eigenvalue weighted by molar-refractivity contribution is 5.92. The molecule has 4 heterocycles. The summed E-state index contributed by atoms with van der Waals surface area (Å²) in [5.74, 6) is -3.31. The van der Waals surface area contributed by atoms with Crippen molar-refractivity contribution in [3.8, 4) is 28.6 Å². The van der Waals surface area contributed by atoms with Crippen molar-refractivity contribution in [2.45, 2.75) is 123 Å². The highest BCUT2D eigenvalue weighted by Gasteiger charge is 2.55. The van der Waals surface area contributed by atoms with Crippen LogP contribution in [0.1, 0.15) is 36.2 Å². The van der Waals surface area contributed by atoms with Crippen molar-refractivity contribution < 1.29 is 110 Å². The molecule has 63 heavy (non-hydrogen) atoms. The maximum atomic E-state index is 14.3. The van der Waals surface area contributed by atoms with Gasteiger partial charge in [-0.05, 0) is 43.0 Å². The Balaban J connectivity index is 1.46. The molecule has 1 aliphatic carbocycles. The van der Waals surface area contributed by atoms with Crippen LogP contribution in [0.25, 0.3) is 22.3 Å². The Morgan fingerprint density at radius 2 is 1.11 bits per heavy atom. The third kappa shape index (κ3) is 8.64. The molecule has 2 aromatic carbocycles. The van der Waals surface area contributed by atoms with Gasteiger partial charge in [-0.1, -0.05) is 0 Å². The predicted octanol–water partition coefficient (Wildman–Crippen LogP) is -5.05. The smallest absolute Gasteiger partial charge is 0.197 e. The van der Waals surface area contributed by atoms with Crippen LogP contribution in [0.5, 0.6) is 17.2 Å². The standard InChI is InChI=1S/C40H52O23/c41-8-12-5-16(47)25(48)18(6-12)59-38-32(55)27(50)20(10-43)61-37(38)24-30(53)23(29(52)22-15(46)7-17(58-35(22)24)13-1-3-14(45)4-2-13)36-39(33(56)28(51)19(9-42)60-36)63-40-34(57)31(54)26(49)21(11-44)62-40/h1-4,7,12,16,18-21,25-28,31-34,36-45,47-57H,5-6,8-11H2/t12?,16-,18?,19?,20?,21?,25-,26?,27+,28+,31-,32-,33-,34-,36?,37?,38-,39-,40?/m0/s1. The average molecular weight is 901 g/mol. The van der Waals surface area contributed by atoms with Gasteiger partial charge in [-0.2, -0.15) is 0 Å². The first kappa shape index (κ1) is 47.3. The van der Waals surface area contributed by atoms with E-state index in [1.54, 1.807) is 0 Å². The van der Waals surface area contributed by atoms with Gasteiger partial charge in [0.2, 0.25) is 0 Å². The number of rotatable bonds is 11. The van der Waals surface area contributed by atoms with Crippen molar-refractivity contribution in [1.82, 2.24) is 0 Å². The third-order valence-corrected chi connectivity index (χ3v) is 12.3. The van der Waals surface area contributed by atoms with Crippen LogP contribution in [0.3, 0.4) is 0 Å². The molecule has 9 unspecified atom stereocenters. The number of hydrogen-bond acceptors (Lipinski definition) is 23. The van der Waals surface area contributed by atoms with Gasteiger partial charge in [0.25, 0.3) is 0 Å². The van der Waals surface area contributed by atoms with E-state index in [4.69, 9.17) is 28.1 Å². The number of hydrogen-bond donors (Lipinski definition) is 16. The number of benzene rings is 2. The Hall–Kier alpha value is -3.67. The van der Waals surface area contributed by atoms with E-state index < -0.39 is 181 Å². The first-order valence-electron chi connectivity index (χ1n) is 20.1. The summed E-state index contributed by atoms with van der Waals surface area (Å²) in [6, 6.07) is 6.13. The van der Waals surface area contributed by atoms with Gasteiger partial charge in [0.1, 0.15) is 120 Å². The lowest BCUT2D eigenvalue weighted by atomic mass is 9.82. The van der Waals surface area contributed by atoms with Gasteiger partial charge in [-0.3, -0.25) is 4.79 Å². The van der Waals surface area contributed by atoms with Crippen LogP contribution in [0.15, 0.2) is 39.5 Å². The van der Waals surface area contributed by atoms with Crippen LogP contribution >= 0.6 is 0 Å². The van der Waals surface area contributed by atoms with Crippen molar-refractivity contribution >= 4 is 11.0 Å². The molecule has 0 radical (unpaired) electrons. The second-order valence-corrected chi connectivity index (χ2v) is 16.3. The average Bonchev–Trinajstić information content (AvgIpc) is 3.26. The summed E-state index contributed by atoms with van der Waals surface area (Å²) in [5.41, 5.74) is -3.08. The lowest BCUT2D eigenvalue weighted by Crippen LogP contribution is -2.62. The van der Waals surface area contributed by atoms with Gasteiger partial charge in [-0.25, -0.2) is 0 Å². The minimum absolute atomic E-state index is 0.0407. The second-order valence-electron chi connectivity index (χ2n) is 16.3. The van der Waals surface area contributed by atoms with Crippen molar-refractivity contribution in [1.29, 1.82) is 0 Å². The molecular formula is C40H52O23. The van der Waals surface area contributed by atoms with Gasteiger partial charge < -0.3 is 110 Å². The quantitative estimate of drug-likeness (QED) is 0.0856. The number of aliphatic hydroxyl groups is 13. The summed E-state index contributed by atoms with van der Waals surface area (Å²) in [6.07, 6.45) is -34.0. The van der Waals surface area contributed by atoms with Crippen LogP contribution in [0, 0.1) is 5.92 Å². The molecule has 4 fully saturated rings. The van der Waals surface area contributed by atoms with E-state index in [0.29, 0.717) is 0 Å². The Kier molecular flexibility index (Phi) is 14.3. The summed E-state index contributed by atoms with van der Waals surface area (Å²) < 4.78 is 35.7. The first-order chi connectivity index (χ1) is 29.9. The van der Waals surface area contributed by atoms with Gasteiger partial charge in [0, 0.05) is 18.2 Å². The molecule has 16 N–H and O–H groups in total. The zero-order valence-electron chi connectivity index (χ0n) is 33.1. The molecule has 0 spiro atoms. The van der Waals surface area contributed by atoms with Crippen molar-refractivity contribution in [2.24, 2.45) is 5.92 Å². The van der Waals surface area contributed by atoms with Crippen molar-refractivity contribution in [3.05, 3.63) is 51.7 Å². The van der Waals surface area contributed by atoms with Gasteiger partial charge in [0.05, 0.1) is 43.2 Å². The lowest BCUT2D eigenvalue weighted by molar-refractivity contribution is -0.342. The molecule has 350 valence electrons. The number of aromatic hydroxyl groups is 3.